The number of carbonyl (C=O) groups is 2. The van der Waals surface area contributed by atoms with Crippen LogP contribution in [0.5, 0.6) is 0 Å². The van der Waals surface area contributed by atoms with Crippen LogP contribution in [0.2, 0.25) is 0 Å². The number of hydrogen-bond donors (Lipinski definition) is 0. The van der Waals surface area contributed by atoms with Crippen LogP contribution in [0.1, 0.15) is 61.9 Å². The largest absolute Gasteiger partial charge is 0.461 e. The highest BCUT2D eigenvalue weighted by Crippen LogP contribution is 2.21. The van der Waals surface area contributed by atoms with Crippen molar-refractivity contribution in [3.8, 4) is 0 Å². The summed E-state index contributed by atoms with van der Waals surface area (Å²) in [5.41, 5.74) is -0.755. The van der Waals surface area contributed by atoms with Crippen LogP contribution < -0.4 is 5.56 Å². The molecule has 0 aliphatic carbocycles. The molecule has 1 fully saturated rings. The standard InChI is InChI=1S/C18H24N4O5/c1-4-12(16(23)21-9-7-6-8-10-21)22-11(3)19-15-13(17(22)24)14(20-27-15)18(25)26-5-2/h12H,4-10H2,1-3H3/t12-/m1/s1. The summed E-state index contributed by atoms with van der Waals surface area (Å²) in [5.74, 6) is -0.505. The summed E-state index contributed by atoms with van der Waals surface area (Å²) in [4.78, 5) is 44.4. The number of ether oxygens (including phenoxy) is 1. The predicted molar refractivity (Wildman–Crippen MR) is 96.5 cm³/mol. The zero-order valence-electron chi connectivity index (χ0n) is 15.9. The molecular formula is C18H24N4O5. The van der Waals surface area contributed by atoms with Crippen LogP contribution in [-0.2, 0) is 9.53 Å². The van der Waals surface area contributed by atoms with Gasteiger partial charge in [0, 0.05) is 13.1 Å². The van der Waals surface area contributed by atoms with E-state index in [2.05, 4.69) is 10.1 Å². The summed E-state index contributed by atoms with van der Waals surface area (Å²) >= 11 is 0. The number of hydrogen-bond acceptors (Lipinski definition) is 7. The number of carbonyl (C=O) groups excluding carboxylic acids is 2. The second kappa shape index (κ2) is 7.89. The number of aromatic nitrogens is 3. The molecule has 146 valence electrons. The fraction of sp³-hybridized carbons (Fsp3) is 0.611. The molecule has 1 atom stereocenters. The topological polar surface area (TPSA) is 108 Å². The van der Waals surface area contributed by atoms with Crippen LogP contribution in [0, 0.1) is 6.92 Å². The van der Waals surface area contributed by atoms with E-state index in [9.17, 15) is 14.4 Å². The van der Waals surface area contributed by atoms with Gasteiger partial charge in [-0.2, -0.15) is 4.98 Å². The van der Waals surface area contributed by atoms with Gasteiger partial charge in [-0.1, -0.05) is 12.1 Å². The van der Waals surface area contributed by atoms with Crippen molar-refractivity contribution in [2.45, 2.75) is 52.5 Å². The Kier molecular flexibility index (Phi) is 5.57. The second-order valence-electron chi connectivity index (χ2n) is 6.58. The maximum absolute atomic E-state index is 13.2. The molecule has 2 aromatic rings. The number of aryl methyl sites for hydroxylation is 1. The molecule has 2 aromatic heterocycles. The van der Waals surface area contributed by atoms with Gasteiger partial charge in [0.2, 0.25) is 11.6 Å². The SMILES string of the molecule is CCOC(=O)c1noc2nc(C)n([C@H](CC)C(=O)N3CCCCC3)c(=O)c12. The van der Waals surface area contributed by atoms with E-state index in [1.807, 2.05) is 6.92 Å². The molecule has 1 aliphatic heterocycles. The summed E-state index contributed by atoms with van der Waals surface area (Å²) in [5, 5.41) is 3.60. The van der Waals surface area contributed by atoms with E-state index in [4.69, 9.17) is 9.26 Å². The van der Waals surface area contributed by atoms with Crippen LogP contribution in [0.15, 0.2) is 9.32 Å². The quantitative estimate of drug-likeness (QED) is 0.733. The molecule has 3 heterocycles. The number of esters is 1. The molecule has 0 unspecified atom stereocenters. The molecule has 0 spiro atoms. The maximum atomic E-state index is 13.2. The molecule has 27 heavy (non-hydrogen) atoms. The number of rotatable bonds is 5. The normalized spacial score (nSPS) is 15.7. The van der Waals surface area contributed by atoms with E-state index in [1.54, 1.807) is 18.7 Å². The van der Waals surface area contributed by atoms with E-state index in [0.717, 1.165) is 19.3 Å². The Morgan fingerprint density at radius 1 is 1.22 bits per heavy atom. The van der Waals surface area contributed by atoms with Crippen LogP contribution in [0.25, 0.3) is 11.1 Å². The zero-order valence-corrected chi connectivity index (χ0v) is 15.9. The van der Waals surface area contributed by atoms with Crippen molar-refractivity contribution < 1.29 is 18.8 Å². The van der Waals surface area contributed by atoms with E-state index < -0.39 is 17.6 Å². The minimum absolute atomic E-state index is 0.0305. The summed E-state index contributed by atoms with van der Waals surface area (Å²) in [7, 11) is 0. The van der Waals surface area contributed by atoms with Gasteiger partial charge in [0.15, 0.2) is 0 Å². The van der Waals surface area contributed by atoms with Crippen molar-refractivity contribution in [2.24, 2.45) is 0 Å². The monoisotopic (exact) mass is 376 g/mol. The molecule has 1 saturated heterocycles. The lowest BCUT2D eigenvalue weighted by molar-refractivity contribution is -0.136. The summed E-state index contributed by atoms with van der Waals surface area (Å²) in [6, 6.07) is -0.683. The van der Waals surface area contributed by atoms with E-state index >= 15 is 0 Å². The molecule has 1 amide bonds. The van der Waals surface area contributed by atoms with Gasteiger partial charge >= 0.3 is 5.97 Å². The molecule has 9 heteroatoms. The third-order valence-electron chi connectivity index (χ3n) is 4.84. The Labute approximate surface area is 156 Å². The molecule has 0 bridgehead atoms. The van der Waals surface area contributed by atoms with Gasteiger partial charge in [0.05, 0.1) is 6.61 Å². The molecule has 0 saturated carbocycles. The molecule has 9 nitrogen and oxygen atoms in total. The molecule has 1 aliphatic rings. The second-order valence-corrected chi connectivity index (χ2v) is 6.58. The Morgan fingerprint density at radius 3 is 2.56 bits per heavy atom. The van der Waals surface area contributed by atoms with E-state index in [-0.39, 0.29) is 29.3 Å². The van der Waals surface area contributed by atoms with Gasteiger partial charge in [-0.25, -0.2) is 4.79 Å². The summed E-state index contributed by atoms with van der Waals surface area (Å²) in [6.45, 7) is 6.68. The first-order valence-corrected chi connectivity index (χ1v) is 9.34. The van der Waals surface area contributed by atoms with E-state index in [1.165, 1.54) is 4.57 Å². The molecule has 3 rings (SSSR count). The average molecular weight is 376 g/mol. The van der Waals surface area contributed by atoms with E-state index in [0.29, 0.717) is 25.3 Å². The lowest BCUT2D eigenvalue weighted by Crippen LogP contribution is -2.43. The smallest absolute Gasteiger partial charge is 0.361 e. The highest BCUT2D eigenvalue weighted by atomic mass is 16.5. The van der Waals surface area contributed by atoms with Crippen LogP contribution >= 0.6 is 0 Å². The van der Waals surface area contributed by atoms with Crippen molar-refractivity contribution in [3.05, 3.63) is 21.9 Å². The Bertz CT molecular complexity index is 910. The van der Waals surface area contributed by atoms with Crippen molar-refractivity contribution in [1.29, 1.82) is 0 Å². The highest BCUT2D eigenvalue weighted by molar-refractivity contribution is 5.99. The van der Waals surface area contributed by atoms with Gasteiger partial charge < -0.3 is 14.2 Å². The number of piperidine rings is 1. The van der Waals surface area contributed by atoms with Crippen molar-refractivity contribution >= 4 is 23.0 Å². The van der Waals surface area contributed by atoms with Crippen molar-refractivity contribution in [1.82, 2.24) is 19.6 Å². The highest BCUT2D eigenvalue weighted by Gasteiger charge is 2.31. The van der Waals surface area contributed by atoms with Gasteiger partial charge in [0.1, 0.15) is 17.3 Å². The number of amides is 1. The van der Waals surface area contributed by atoms with Gasteiger partial charge in [0.25, 0.3) is 11.3 Å². The third kappa shape index (κ3) is 3.45. The predicted octanol–water partition coefficient (Wildman–Crippen LogP) is 1.83. The fourth-order valence-corrected chi connectivity index (χ4v) is 3.52. The fourth-order valence-electron chi connectivity index (χ4n) is 3.52. The third-order valence-corrected chi connectivity index (χ3v) is 4.84. The number of likely N-dealkylation sites (tertiary alicyclic amines) is 1. The Hall–Kier alpha value is -2.71. The van der Waals surface area contributed by atoms with Crippen molar-refractivity contribution in [2.75, 3.05) is 19.7 Å². The summed E-state index contributed by atoms with van der Waals surface area (Å²) < 4.78 is 11.3. The molecule has 0 aromatic carbocycles. The Balaban J connectivity index is 2.09. The first kappa shape index (κ1) is 19.1. The minimum atomic E-state index is -0.749. The zero-order chi connectivity index (χ0) is 19.6. The van der Waals surface area contributed by atoms with Gasteiger partial charge in [-0.05, 0) is 39.5 Å². The number of fused-ring (bicyclic) bond motifs is 1. The average Bonchev–Trinajstić information content (AvgIpc) is 3.09. The minimum Gasteiger partial charge on any atom is -0.461 e. The maximum Gasteiger partial charge on any atom is 0.361 e. The van der Waals surface area contributed by atoms with Crippen LogP contribution in [0.3, 0.4) is 0 Å². The van der Waals surface area contributed by atoms with Crippen molar-refractivity contribution in [3.63, 3.8) is 0 Å². The Morgan fingerprint density at radius 2 is 1.93 bits per heavy atom. The molecular weight excluding hydrogens is 352 g/mol. The summed E-state index contributed by atoms with van der Waals surface area (Å²) in [6.07, 6.45) is 3.47. The van der Waals surface area contributed by atoms with Gasteiger partial charge in [-0.15, -0.1) is 0 Å². The molecule has 0 N–H and O–H groups in total. The van der Waals surface area contributed by atoms with Gasteiger partial charge in [-0.3, -0.25) is 14.2 Å². The first-order valence-electron chi connectivity index (χ1n) is 9.34. The first-order chi connectivity index (χ1) is 13.0. The number of nitrogens with zero attached hydrogens (tertiary/aromatic N) is 4. The lowest BCUT2D eigenvalue weighted by Gasteiger charge is -2.31. The lowest BCUT2D eigenvalue weighted by atomic mass is 10.1. The molecule has 0 radical (unpaired) electrons. The van der Waals surface area contributed by atoms with Crippen LogP contribution in [0.4, 0.5) is 0 Å². The van der Waals surface area contributed by atoms with Crippen LogP contribution in [-0.4, -0.2) is 51.2 Å².